The number of rotatable bonds is 3. The Labute approximate surface area is 77.3 Å². The van der Waals surface area contributed by atoms with E-state index in [1.807, 2.05) is 19.3 Å². The molecule has 0 fully saturated rings. The van der Waals surface area contributed by atoms with Crippen molar-refractivity contribution in [3.05, 3.63) is 0 Å². The molecule has 0 spiro atoms. The maximum atomic E-state index is 10.9. The summed E-state index contributed by atoms with van der Waals surface area (Å²) in [6.45, 7) is 5.67. The molecular weight excluding hydrogens is 174 g/mol. The first-order valence-electron chi connectivity index (χ1n) is 4.18. The van der Waals surface area contributed by atoms with E-state index >= 15 is 0 Å². The molecular formula is C8H15NO4. The zero-order valence-corrected chi connectivity index (χ0v) is 8.12. The molecule has 0 aliphatic rings. The summed E-state index contributed by atoms with van der Waals surface area (Å²) in [7, 11) is 0. The third-order valence-electron chi connectivity index (χ3n) is 1.10. The summed E-state index contributed by atoms with van der Waals surface area (Å²) in [5, 5.41) is 0. The van der Waals surface area contributed by atoms with Crippen LogP contribution in [-0.4, -0.2) is 18.7 Å². The predicted molar refractivity (Wildman–Crippen MR) is 45.7 cm³/mol. The zero-order valence-electron chi connectivity index (χ0n) is 8.12. The number of amides is 1. The van der Waals surface area contributed by atoms with Gasteiger partial charge < -0.3 is 9.57 Å². The molecule has 0 aromatic rings. The maximum absolute atomic E-state index is 10.9. The van der Waals surface area contributed by atoms with E-state index in [-0.39, 0.29) is 18.9 Å². The third-order valence-corrected chi connectivity index (χ3v) is 1.10. The van der Waals surface area contributed by atoms with E-state index < -0.39 is 12.1 Å². The molecule has 0 aliphatic carbocycles. The Morgan fingerprint density at radius 2 is 2.00 bits per heavy atom. The van der Waals surface area contributed by atoms with Gasteiger partial charge in [-0.2, -0.15) is 0 Å². The van der Waals surface area contributed by atoms with E-state index in [1.165, 1.54) is 0 Å². The van der Waals surface area contributed by atoms with Crippen LogP contribution in [0.5, 0.6) is 0 Å². The number of nitrogens with one attached hydrogen (secondary N) is 1. The molecule has 0 saturated heterocycles. The molecule has 13 heavy (non-hydrogen) atoms. The molecule has 0 atom stereocenters. The topological polar surface area (TPSA) is 64.6 Å². The molecule has 0 unspecified atom stereocenters. The lowest BCUT2D eigenvalue weighted by atomic mass is 10.1. The molecule has 5 nitrogen and oxygen atoms in total. The van der Waals surface area contributed by atoms with Gasteiger partial charge in [0.1, 0.15) is 0 Å². The monoisotopic (exact) mass is 189 g/mol. The van der Waals surface area contributed by atoms with Gasteiger partial charge in [-0.3, -0.25) is 0 Å². The summed E-state index contributed by atoms with van der Waals surface area (Å²) in [5.41, 5.74) is 1.88. The molecule has 0 bridgehead atoms. The summed E-state index contributed by atoms with van der Waals surface area (Å²) < 4.78 is 4.47. The van der Waals surface area contributed by atoms with Crippen LogP contribution in [0, 0.1) is 5.92 Å². The third kappa shape index (κ3) is 7.11. The Morgan fingerprint density at radius 3 is 2.46 bits per heavy atom. The average Bonchev–Trinajstić information content (AvgIpc) is 2.00. The van der Waals surface area contributed by atoms with Crippen LogP contribution in [0.1, 0.15) is 27.2 Å². The number of carbonyl (C=O) groups excluding carboxylic acids is 2. The Kier molecular flexibility index (Phi) is 5.67. The minimum atomic E-state index is -0.750. The van der Waals surface area contributed by atoms with Crippen molar-refractivity contribution in [3.8, 4) is 0 Å². The normalized spacial score (nSPS) is 9.54. The van der Waals surface area contributed by atoms with Crippen LogP contribution in [0.15, 0.2) is 0 Å². The molecule has 0 aromatic carbocycles. The molecule has 0 aliphatic heterocycles. The van der Waals surface area contributed by atoms with E-state index in [0.717, 1.165) is 0 Å². The SMILES string of the molecule is CCOC(=O)NOC(=O)CC(C)C. The van der Waals surface area contributed by atoms with Gasteiger partial charge in [0.2, 0.25) is 0 Å². The summed E-state index contributed by atoms with van der Waals surface area (Å²) in [6, 6.07) is 0. The van der Waals surface area contributed by atoms with Crippen LogP contribution in [0.25, 0.3) is 0 Å². The highest BCUT2D eigenvalue weighted by atomic mass is 16.7. The molecule has 0 radical (unpaired) electrons. The lowest BCUT2D eigenvalue weighted by Crippen LogP contribution is -2.28. The van der Waals surface area contributed by atoms with Gasteiger partial charge in [0.15, 0.2) is 0 Å². The second kappa shape index (κ2) is 6.28. The van der Waals surface area contributed by atoms with Gasteiger partial charge in [-0.15, -0.1) is 5.48 Å². The summed E-state index contributed by atoms with van der Waals surface area (Å²) in [4.78, 5) is 25.9. The van der Waals surface area contributed by atoms with Crippen molar-refractivity contribution in [2.24, 2.45) is 5.92 Å². The van der Waals surface area contributed by atoms with E-state index in [1.54, 1.807) is 6.92 Å². The van der Waals surface area contributed by atoms with Crippen LogP contribution >= 0.6 is 0 Å². The fraction of sp³-hybridized carbons (Fsp3) is 0.750. The zero-order chi connectivity index (χ0) is 10.3. The largest absolute Gasteiger partial charge is 0.448 e. The van der Waals surface area contributed by atoms with Gasteiger partial charge in [0, 0.05) is 0 Å². The molecule has 76 valence electrons. The first-order valence-corrected chi connectivity index (χ1v) is 4.18. The van der Waals surface area contributed by atoms with Crippen molar-refractivity contribution in [3.63, 3.8) is 0 Å². The molecule has 0 saturated carbocycles. The van der Waals surface area contributed by atoms with Crippen LogP contribution < -0.4 is 5.48 Å². The number of ether oxygens (including phenoxy) is 1. The van der Waals surface area contributed by atoms with E-state index in [0.29, 0.717) is 0 Å². The standard InChI is InChI=1S/C8H15NO4/c1-4-12-8(11)9-13-7(10)5-6(2)3/h6H,4-5H2,1-3H3,(H,9,11). The van der Waals surface area contributed by atoms with Gasteiger partial charge in [-0.1, -0.05) is 13.8 Å². The smallest absolute Gasteiger partial charge is 0.440 e. The Morgan fingerprint density at radius 1 is 1.38 bits per heavy atom. The van der Waals surface area contributed by atoms with Crippen LogP contribution in [0.2, 0.25) is 0 Å². The summed E-state index contributed by atoms with van der Waals surface area (Å²) >= 11 is 0. The highest BCUT2D eigenvalue weighted by molar-refractivity contribution is 5.73. The molecule has 1 N–H and O–H groups in total. The second-order valence-electron chi connectivity index (χ2n) is 2.89. The van der Waals surface area contributed by atoms with Gasteiger partial charge in [-0.25, -0.2) is 9.59 Å². The van der Waals surface area contributed by atoms with Gasteiger partial charge >= 0.3 is 12.1 Å². The van der Waals surface area contributed by atoms with E-state index in [2.05, 4.69) is 9.57 Å². The van der Waals surface area contributed by atoms with Crippen LogP contribution in [0.4, 0.5) is 4.79 Å². The van der Waals surface area contributed by atoms with Gasteiger partial charge in [0.25, 0.3) is 0 Å². The van der Waals surface area contributed by atoms with E-state index in [4.69, 9.17) is 0 Å². The Bertz CT molecular complexity index is 179. The van der Waals surface area contributed by atoms with Crippen LogP contribution in [-0.2, 0) is 14.4 Å². The Balaban J connectivity index is 3.52. The summed E-state index contributed by atoms with van der Waals surface area (Å²) in [5.74, 6) is -0.264. The van der Waals surface area contributed by atoms with Crippen molar-refractivity contribution in [1.29, 1.82) is 0 Å². The highest BCUT2D eigenvalue weighted by Crippen LogP contribution is 1.99. The number of hydrogen-bond donors (Lipinski definition) is 1. The predicted octanol–water partition coefficient (Wildman–Crippen LogP) is 1.24. The molecule has 0 heterocycles. The van der Waals surface area contributed by atoms with Crippen molar-refractivity contribution in [1.82, 2.24) is 5.48 Å². The molecule has 5 heteroatoms. The van der Waals surface area contributed by atoms with E-state index in [9.17, 15) is 9.59 Å². The van der Waals surface area contributed by atoms with Gasteiger partial charge in [0.05, 0.1) is 13.0 Å². The number of hydroxylamine groups is 1. The lowest BCUT2D eigenvalue weighted by Gasteiger charge is -2.06. The van der Waals surface area contributed by atoms with Crippen molar-refractivity contribution in [2.75, 3.05) is 6.61 Å². The quantitative estimate of drug-likeness (QED) is 0.678. The minimum absolute atomic E-state index is 0.205. The summed E-state index contributed by atoms with van der Waals surface area (Å²) in [6.07, 6.45) is -0.480. The lowest BCUT2D eigenvalue weighted by molar-refractivity contribution is -0.150. The molecule has 0 rings (SSSR count). The number of carbonyl (C=O) groups is 2. The van der Waals surface area contributed by atoms with Crippen molar-refractivity contribution in [2.45, 2.75) is 27.2 Å². The van der Waals surface area contributed by atoms with Crippen LogP contribution in [0.3, 0.4) is 0 Å². The average molecular weight is 189 g/mol. The highest BCUT2D eigenvalue weighted by Gasteiger charge is 2.08. The first-order chi connectivity index (χ1) is 6.06. The van der Waals surface area contributed by atoms with Crippen molar-refractivity contribution >= 4 is 12.1 Å². The molecule has 1 amide bonds. The minimum Gasteiger partial charge on any atom is -0.448 e. The first kappa shape index (κ1) is 11.7. The fourth-order valence-corrected chi connectivity index (χ4v) is 0.634. The second-order valence-corrected chi connectivity index (χ2v) is 2.89. The number of hydrogen-bond acceptors (Lipinski definition) is 4. The molecule has 0 aromatic heterocycles. The Hall–Kier alpha value is -1.26. The maximum Gasteiger partial charge on any atom is 0.440 e. The fourth-order valence-electron chi connectivity index (χ4n) is 0.634. The van der Waals surface area contributed by atoms with Gasteiger partial charge in [-0.05, 0) is 12.8 Å². The van der Waals surface area contributed by atoms with Crippen molar-refractivity contribution < 1.29 is 19.2 Å².